The summed E-state index contributed by atoms with van der Waals surface area (Å²) in [6.07, 6.45) is 1.28. The second-order valence-electron chi connectivity index (χ2n) is 8.24. The molecule has 188 valence electrons. The Morgan fingerprint density at radius 1 is 0.889 bits per heavy atom. The fourth-order valence-corrected chi connectivity index (χ4v) is 3.79. The van der Waals surface area contributed by atoms with Crippen molar-refractivity contribution in [3.63, 3.8) is 0 Å². The number of carboxylic acid groups (broad SMARTS) is 1. The van der Waals surface area contributed by atoms with Crippen LogP contribution in [0.15, 0.2) is 72.8 Å². The smallest absolute Gasteiger partial charge is 0.343 e. The Balaban J connectivity index is 1.86. The van der Waals surface area contributed by atoms with Crippen LogP contribution in [0, 0.1) is 0 Å². The molecular formula is C28H30N2O6. The van der Waals surface area contributed by atoms with Crippen LogP contribution in [-0.2, 0) is 27.2 Å². The molecule has 0 fully saturated rings. The summed E-state index contributed by atoms with van der Waals surface area (Å²) in [5.41, 5.74) is 1.99. The van der Waals surface area contributed by atoms with Gasteiger partial charge in [0.2, 0.25) is 6.41 Å². The largest absolute Gasteiger partial charge is 0.479 e. The minimum Gasteiger partial charge on any atom is -0.479 e. The normalized spacial score (nSPS) is 12.3. The lowest BCUT2D eigenvalue weighted by Crippen LogP contribution is -2.63. The van der Waals surface area contributed by atoms with Crippen LogP contribution < -0.4 is 10.2 Å². The van der Waals surface area contributed by atoms with Crippen molar-refractivity contribution in [2.24, 2.45) is 0 Å². The third-order valence-corrected chi connectivity index (χ3v) is 6.05. The van der Waals surface area contributed by atoms with Crippen molar-refractivity contribution in [2.45, 2.75) is 38.6 Å². The highest BCUT2D eigenvalue weighted by atomic mass is 16.7. The second kappa shape index (κ2) is 12.0. The van der Waals surface area contributed by atoms with Gasteiger partial charge in [0.1, 0.15) is 0 Å². The number of anilines is 1. The van der Waals surface area contributed by atoms with Crippen molar-refractivity contribution in [1.29, 1.82) is 0 Å². The number of aliphatic hydroxyl groups excluding tert-OH is 1. The van der Waals surface area contributed by atoms with Gasteiger partial charge in [0.15, 0.2) is 5.75 Å². The molecule has 0 radical (unpaired) electrons. The van der Waals surface area contributed by atoms with E-state index in [0.717, 1.165) is 29.5 Å². The number of benzene rings is 3. The summed E-state index contributed by atoms with van der Waals surface area (Å²) in [6.45, 7) is 3.39. The topological polar surface area (TPSA) is 116 Å². The number of hydroxylamine groups is 2. The number of nitrogens with one attached hydrogen (secondary N) is 1. The predicted molar refractivity (Wildman–Crippen MR) is 136 cm³/mol. The molecule has 0 saturated carbocycles. The number of aliphatic hydroxyl groups is 1. The van der Waals surface area contributed by atoms with Crippen molar-refractivity contribution >= 4 is 24.0 Å². The quantitative estimate of drug-likeness (QED) is 0.200. The number of carbonyl (C=O) groups excluding carboxylic acids is 2. The molecule has 3 aromatic rings. The van der Waals surface area contributed by atoms with E-state index in [-0.39, 0.29) is 12.2 Å². The monoisotopic (exact) mass is 490 g/mol. The Morgan fingerprint density at radius 3 is 1.83 bits per heavy atom. The molecule has 8 heteroatoms. The number of rotatable bonds is 12. The highest BCUT2D eigenvalue weighted by Crippen LogP contribution is 2.27. The number of hydrogen-bond donors (Lipinski definition) is 3. The highest BCUT2D eigenvalue weighted by Gasteiger charge is 2.53. The number of amides is 2. The van der Waals surface area contributed by atoms with Crippen LogP contribution >= 0.6 is 0 Å². The van der Waals surface area contributed by atoms with Crippen molar-refractivity contribution in [1.82, 2.24) is 5.06 Å². The fourth-order valence-electron chi connectivity index (χ4n) is 3.79. The standard InChI is InChI=1S/C28H30N2O6/c1-3-20-5-9-22(10-6-20)23-11-15-25(16-12-23)36-30(19-32)28(17-18-31,27(34)35)26(33)29-24-13-7-21(4-2)8-14-24/h5-16,19,31H,3-4,17-18H2,1-2H3,(H,29,33)(H,34,35)/t28-/m1/s1. The minimum atomic E-state index is -2.51. The van der Waals surface area contributed by atoms with Gasteiger partial charge >= 0.3 is 5.97 Å². The summed E-state index contributed by atoms with van der Waals surface area (Å²) < 4.78 is 0. The molecule has 3 aromatic carbocycles. The molecule has 2 amide bonds. The van der Waals surface area contributed by atoms with Gasteiger partial charge in [-0.1, -0.05) is 62.4 Å². The molecule has 8 nitrogen and oxygen atoms in total. The van der Waals surface area contributed by atoms with Crippen molar-refractivity contribution in [3.8, 4) is 16.9 Å². The zero-order valence-electron chi connectivity index (χ0n) is 20.3. The van der Waals surface area contributed by atoms with Crippen LogP contribution in [0.5, 0.6) is 5.75 Å². The lowest BCUT2D eigenvalue weighted by molar-refractivity contribution is -0.189. The minimum absolute atomic E-state index is 0.126. The van der Waals surface area contributed by atoms with Gasteiger partial charge in [0, 0.05) is 18.7 Å². The van der Waals surface area contributed by atoms with E-state index < -0.39 is 30.4 Å². The van der Waals surface area contributed by atoms with Gasteiger partial charge in [-0.2, -0.15) is 5.06 Å². The summed E-state index contributed by atoms with van der Waals surface area (Å²) in [5, 5.41) is 22.6. The van der Waals surface area contributed by atoms with Crippen LogP contribution in [0.1, 0.15) is 31.4 Å². The molecule has 36 heavy (non-hydrogen) atoms. The average Bonchev–Trinajstić information content (AvgIpc) is 2.91. The lowest BCUT2D eigenvalue weighted by atomic mass is 9.93. The van der Waals surface area contributed by atoms with Gasteiger partial charge in [-0.05, 0) is 59.4 Å². The molecule has 0 heterocycles. The van der Waals surface area contributed by atoms with Crippen molar-refractivity contribution in [3.05, 3.63) is 83.9 Å². The summed E-state index contributed by atoms with van der Waals surface area (Å²) in [4.78, 5) is 43.2. The van der Waals surface area contributed by atoms with E-state index in [9.17, 15) is 24.6 Å². The fraction of sp³-hybridized carbons (Fsp3) is 0.250. The predicted octanol–water partition coefficient (Wildman–Crippen LogP) is 4.08. The van der Waals surface area contributed by atoms with Crippen LogP contribution in [0.3, 0.4) is 0 Å². The first kappa shape index (κ1) is 26.4. The maximum atomic E-state index is 13.2. The van der Waals surface area contributed by atoms with Crippen LogP contribution in [0.25, 0.3) is 11.1 Å². The van der Waals surface area contributed by atoms with Gasteiger partial charge in [0.05, 0.1) is 0 Å². The average molecular weight is 491 g/mol. The molecule has 3 N–H and O–H groups in total. The highest BCUT2D eigenvalue weighted by molar-refractivity contribution is 6.13. The maximum absolute atomic E-state index is 13.2. The van der Waals surface area contributed by atoms with Crippen molar-refractivity contribution < 1.29 is 29.4 Å². The molecule has 1 atom stereocenters. The van der Waals surface area contributed by atoms with E-state index in [4.69, 9.17) is 4.84 Å². The van der Waals surface area contributed by atoms with E-state index >= 15 is 0 Å². The Bertz CT molecular complexity index is 1180. The molecule has 0 aliphatic heterocycles. The lowest BCUT2D eigenvalue weighted by Gasteiger charge is -2.35. The van der Waals surface area contributed by atoms with E-state index in [1.165, 1.54) is 5.56 Å². The molecule has 0 spiro atoms. The third-order valence-electron chi connectivity index (χ3n) is 6.05. The molecular weight excluding hydrogens is 460 g/mol. The summed E-state index contributed by atoms with van der Waals surface area (Å²) >= 11 is 0. The summed E-state index contributed by atoms with van der Waals surface area (Å²) in [7, 11) is 0. The number of hydrogen-bond acceptors (Lipinski definition) is 5. The Kier molecular flexibility index (Phi) is 8.81. The first-order chi connectivity index (χ1) is 17.4. The van der Waals surface area contributed by atoms with E-state index in [2.05, 4.69) is 12.2 Å². The number of carboxylic acids is 1. The molecule has 0 aliphatic carbocycles. The third kappa shape index (κ3) is 5.72. The Morgan fingerprint density at radius 2 is 1.39 bits per heavy atom. The second-order valence-corrected chi connectivity index (χ2v) is 8.24. The van der Waals surface area contributed by atoms with Crippen molar-refractivity contribution in [2.75, 3.05) is 11.9 Å². The molecule has 0 bridgehead atoms. The van der Waals surface area contributed by atoms with E-state index in [0.29, 0.717) is 10.8 Å². The van der Waals surface area contributed by atoms with Crippen LogP contribution in [0.2, 0.25) is 0 Å². The molecule has 0 aromatic heterocycles. The van der Waals surface area contributed by atoms with E-state index in [1.54, 1.807) is 48.5 Å². The summed E-state index contributed by atoms with van der Waals surface area (Å²) in [6, 6.07) is 21.6. The molecule has 3 rings (SSSR count). The number of carbonyl (C=O) groups is 3. The Labute approximate surface area is 210 Å². The van der Waals surface area contributed by atoms with Gasteiger partial charge in [-0.15, -0.1) is 0 Å². The van der Waals surface area contributed by atoms with Gasteiger partial charge in [-0.3, -0.25) is 9.59 Å². The van der Waals surface area contributed by atoms with Gasteiger partial charge < -0.3 is 20.4 Å². The first-order valence-electron chi connectivity index (χ1n) is 11.7. The molecule has 0 aliphatic rings. The Hall–Kier alpha value is -4.17. The summed E-state index contributed by atoms with van der Waals surface area (Å²) in [5.74, 6) is -2.51. The molecule has 0 unspecified atom stereocenters. The maximum Gasteiger partial charge on any atom is 0.343 e. The number of aryl methyl sites for hydroxylation is 2. The van der Waals surface area contributed by atoms with Crippen LogP contribution in [0.4, 0.5) is 5.69 Å². The SMILES string of the molecule is CCc1ccc(NC(=O)[C@](CCO)(C(=O)O)N(C=O)Oc2ccc(-c3ccc(CC)cc3)cc2)cc1. The zero-order valence-corrected chi connectivity index (χ0v) is 20.3. The van der Waals surface area contributed by atoms with Gasteiger partial charge in [-0.25, -0.2) is 4.79 Å². The number of aliphatic carboxylic acids is 1. The van der Waals surface area contributed by atoms with E-state index in [1.807, 2.05) is 31.2 Å². The van der Waals surface area contributed by atoms with Crippen LogP contribution in [-0.4, -0.2) is 45.7 Å². The zero-order chi connectivity index (χ0) is 26.1. The number of nitrogens with zero attached hydrogens (tertiary/aromatic N) is 1. The first-order valence-corrected chi connectivity index (χ1v) is 11.7. The van der Waals surface area contributed by atoms with Gasteiger partial charge in [0.25, 0.3) is 11.4 Å². The molecule has 0 saturated heterocycles.